The second kappa shape index (κ2) is 6.33. The van der Waals surface area contributed by atoms with E-state index in [1.807, 2.05) is 0 Å². The van der Waals surface area contributed by atoms with Crippen LogP contribution >= 0.6 is 0 Å². The topological polar surface area (TPSA) is 95.7 Å². The molecule has 0 saturated carbocycles. The number of nitrogens with zero attached hydrogens (tertiary/aromatic N) is 2. The second-order valence-electron chi connectivity index (χ2n) is 5.06. The van der Waals surface area contributed by atoms with Gasteiger partial charge in [-0.3, -0.25) is 10.1 Å². The maximum Gasteiger partial charge on any atom is 0.321 e. The number of benzene rings is 1. The predicted molar refractivity (Wildman–Crippen MR) is 75.7 cm³/mol. The van der Waals surface area contributed by atoms with Crippen molar-refractivity contribution >= 4 is 17.4 Å². The summed E-state index contributed by atoms with van der Waals surface area (Å²) in [7, 11) is 0. The third-order valence-corrected chi connectivity index (χ3v) is 2.58. The molecule has 0 aliphatic heterocycles. The van der Waals surface area contributed by atoms with Crippen LogP contribution in [-0.4, -0.2) is 39.7 Å². The highest BCUT2D eigenvalue weighted by Gasteiger charge is 2.21. The molecule has 0 radical (unpaired) electrons. The van der Waals surface area contributed by atoms with Gasteiger partial charge in [0, 0.05) is 24.4 Å². The van der Waals surface area contributed by atoms with E-state index in [-0.39, 0.29) is 18.3 Å². The van der Waals surface area contributed by atoms with E-state index < -0.39 is 10.5 Å². The standard InChI is InChI=1S/C13H19N3O4/c1-4-15(9-13(2,3)18)12(17)14-10-5-7-11(8-6-10)16(19)20/h5-8,18H,4,9H2,1-3H3,(H,14,17). The third-order valence-electron chi connectivity index (χ3n) is 2.58. The molecule has 1 aromatic rings. The summed E-state index contributed by atoms with van der Waals surface area (Å²) < 4.78 is 0. The Morgan fingerprint density at radius 2 is 1.95 bits per heavy atom. The number of urea groups is 1. The Balaban J connectivity index is 2.71. The fourth-order valence-electron chi connectivity index (χ4n) is 1.66. The molecule has 7 heteroatoms. The second-order valence-corrected chi connectivity index (χ2v) is 5.06. The minimum absolute atomic E-state index is 0.0353. The molecule has 20 heavy (non-hydrogen) atoms. The number of nitro benzene ring substituents is 1. The van der Waals surface area contributed by atoms with E-state index in [9.17, 15) is 20.0 Å². The molecule has 0 heterocycles. The van der Waals surface area contributed by atoms with Gasteiger partial charge in [-0.1, -0.05) is 0 Å². The molecule has 0 bridgehead atoms. The maximum atomic E-state index is 12.0. The van der Waals surface area contributed by atoms with Gasteiger partial charge in [-0.15, -0.1) is 0 Å². The summed E-state index contributed by atoms with van der Waals surface area (Å²) in [5.74, 6) is 0. The van der Waals surface area contributed by atoms with Gasteiger partial charge in [-0.05, 0) is 32.9 Å². The SMILES string of the molecule is CCN(CC(C)(C)O)C(=O)Nc1ccc([N+](=O)[O-])cc1. The van der Waals surface area contributed by atoms with Crippen LogP contribution in [0.4, 0.5) is 16.2 Å². The fourth-order valence-corrected chi connectivity index (χ4v) is 1.66. The molecule has 110 valence electrons. The number of nitro groups is 1. The number of likely N-dealkylation sites (N-methyl/N-ethyl adjacent to an activating group) is 1. The minimum Gasteiger partial charge on any atom is -0.389 e. The van der Waals surface area contributed by atoms with Gasteiger partial charge < -0.3 is 15.3 Å². The number of carbonyl (C=O) groups is 1. The molecular weight excluding hydrogens is 262 g/mol. The predicted octanol–water partition coefficient (Wildman–Crippen LogP) is 2.22. The number of nitrogens with one attached hydrogen (secondary N) is 1. The summed E-state index contributed by atoms with van der Waals surface area (Å²) in [6, 6.07) is 5.22. The Morgan fingerprint density at radius 1 is 1.40 bits per heavy atom. The van der Waals surface area contributed by atoms with Gasteiger partial charge in [-0.25, -0.2) is 4.79 Å². The Bertz CT molecular complexity index is 479. The van der Waals surface area contributed by atoms with Gasteiger partial charge in [-0.2, -0.15) is 0 Å². The molecule has 1 rings (SSSR count). The first-order chi connectivity index (χ1) is 9.23. The Hall–Kier alpha value is -2.15. The third kappa shape index (κ3) is 4.85. The van der Waals surface area contributed by atoms with Gasteiger partial charge >= 0.3 is 6.03 Å². The van der Waals surface area contributed by atoms with Gasteiger partial charge in [0.05, 0.1) is 17.1 Å². The smallest absolute Gasteiger partial charge is 0.321 e. The van der Waals surface area contributed by atoms with Crippen molar-refractivity contribution in [1.82, 2.24) is 4.90 Å². The summed E-state index contributed by atoms with van der Waals surface area (Å²) >= 11 is 0. The van der Waals surface area contributed by atoms with E-state index in [0.717, 1.165) is 0 Å². The molecule has 1 aromatic carbocycles. The Labute approximate surface area is 117 Å². The number of non-ortho nitro benzene ring substituents is 1. The maximum absolute atomic E-state index is 12.0. The molecule has 0 aliphatic carbocycles. The lowest BCUT2D eigenvalue weighted by Gasteiger charge is -2.28. The van der Waals surface area contributed by atoms with Gasteiger partial charge in [0.25, 0.3) is 5.69 Å². The molecular formula is C13H19N3O4. The van der Waals surface area contributed by atoms with Crippen LogP contribution in [0.2, 0.25) is 0 Å². The normalized spacial score (nSPS) is 11.0. The summed E-state index contributed by atoms with van der Waals surface area (Å²) in [6.07, 6.45) is 0. The average Bonchev–Trinajstić information content (AvgIpc) is 2.35. The number of carbonyl (C=O) groups excluding carboxylic acids is 1. The lowest BCUT2D eigenvalue weighted by molar-refractivity contribution is -0.384. The Kier molecular flexibility index (Phi) is 5.04. The highest BCUT2D eigenvalue weighted by Crippen LogP contribution is 2.16. The van der Waals surface area contributed by atoms with E-state index in [1.165, 1.54) is 29.2 Å². The molecule has 2 amide bonds. The van der Waals surface area contributed by atoms with E-state index in [1.54, 1.807) is 20.8 Å². The number of amides is 2. The van der Waals surface area contributed by atoms with Crippen molar-refractivity contribution in [3.8, 4) is 0 Å². The van der Waals surface area contributed by atoms with Gasteiger partial charge in [0.15, 0.2) is 0 Å². The van der Waals surface area contributed by atoms with Crippen molar-refractivity contribution in [1.29, 1.82) is 0 Å². The largest absolute Gasteiger partial charge is 0.389 e. The molecule has 0 saturated heterocycles. The first kappa shape index (κ1) is 15.9. The zero-order valence-electron chi connectivity index (χ0n) is 11.8. The lowest BCUT2D eigenvalue weighted by atomic mass is 10.1. The molecule has 7 nitrogen and oxygen atoms in total. The summed E-state index contributed by atoms with van der Waals surface area (Å²) in [5.41, 5.74) is -0.551. The van der Waals surface area contributed by atoms with Crippen LogP contribution in [0.5, 0.6) is 0 Å². The van der Waals surface area contributed by atoms with E-state index in [4.69, 9.17) is 0 Å². The number of hydrogen-bond acceptors (Lipinski definition) is 4. The molecule has 0 atom stereocenters. The van der Waals surface area contributed by atoms with Crippen molar-refractivity contribution in [2.75, 3.05) is 18.4 Å². The van der Waals surface area contributed by atoms with Crippen molar-refractivity contribution in [3.05, 3.63) is 34.4 Å². The lowest BCUT2D eigenvalue weighted by Crippen LogP contribution is -2.44. The zero-order valence-corrected chi connectivity index (χ0v) is 11.8. The number of aliphatic hydroxyl groups is 1. The number of rotatable bonds is 5. The first-order valence-corrected chi connectivity index (χ1v) is 6.25. The average molecular weight is 281 g/mol. The van der Waals surface area contributed by atoms with Crippen LogP contribution in [0.1, 0.15) is 20.8 Å². The summed E-state index contributed by atoms with van der Waals surface area (Å²) in [5, 5.41) is 22.9. The summed E-state index contributed by atoms with van der Waals surface area (Å²) in [6.45, 7) is 5.69. The molecule has 0 unspecified atom stereocenters. The van der Waals surface area contributed by atoms with Crippen LogP contribution in [-0.2, 0) is 0 Å². The minimum atomic E-state index is -0.983. The van der Waals surface area contributed by atoms with Crippen LogP contribution in [0.25, 0.3) is 0 Å². The highest BCUT2D eigenvalue weighted by atomic mass is 16.6. The van der Waals surface area contributed by atoms with Crippen LogP contribution < -0.4 is 5.32 Å². The zero-order chi connectivity index (χ0) is 15.3. The quantitative estimate of drug-likeness (QED) is 0.639. The van der Waals surface area contributed by atoms with E-state index >= 15 is 0 Å². The van der Waals surface area contributed by atoms with E-state index in [0.29, 0.717) is 12.2 Å². The molecule has 0 aliphatic rings. The Morgan fingerprint density at radius 3 is 2.35 bits per heavy atom. The summed E-state index contributed by atoms with van der Waals surface area (Å²) in [4.78, 5) is 23.5. The molecule has 0 spiro atoms. The van der Waals surface area contributed by atoms with Crippen molar-refractivity contribution in [2.24, 2.45) is 0 Å². The van der Waals surface area contributed by atoms with Crippen LogP contribution in [0, 0.1) is 10.1 Å². The molecule has 2 N–H and O–H groups in total. The number of anilines is 1. The van der Waals surface area contributed by atoms with Crippen molar-refractivity contribution in [2.45, 2.75) is 26.4 Å². The van der Waals surface area contributed by atoms with E-state index in [2.05, 4.69) is 5.32 Å². The van der Waals surface area contributed by atoms with Gasteiger partial charge in [0.2, 0.25) is 0 Å². The van der Waals surface area contributed by atoms with Crippen molar-refractivity contribution in [3.63, 3.8) is 0 Å². The van der Waals surface area contributed by atoms with Crippen LogP contribution in [0.3, 0.4) is 0 Å². The van der Waals surface area contributed by atoms with Crippen LogP contribution in [0.15, 0.2) is 24.3 Å². The first-order valence-electron chi connectivity index (χ1n) is 6.25. The molecule has 0 fully saturated rings. The van der Waals surface area contributed by atoms with Gasteiger partial charge in [0.1, 0.15) is 0 Å². The monoisotopic (exact) mass is 281 g/mol. The number of hydrogen-bond donors (Lipinski definition) is 2. The molecule has 0 aromatic heterocycles. The van der Waals surface area contributed by atoms with Crippen molar-refractivity contribution < 1.29 is 14.8 Å². The fraction of sp³-hybridized carbons (Fsp3) is 0.462. The highest BCUT2D eigenvalue weighted by molar-refractivity contribution is 5.89.